The van der Waals surface area contributed by atoms with E-state index in [0.29, 0.717) is 35.1 Å². The molecule has 0 saturated carbocycles. The summed E-state index contributed by atoms with van der Waals surface area (Å²) < 4.78 is 27.4. The quantitative estimate of drug-likeness (QED) is 0.547. The first kappa shape index (κ1) is 25.4. The number of sulfonamides is 1. The third kappa shape index (κ3) is 5.47. The van der Waals surface area contributed by atoms with Gasteiger partial charge >= 0.3 is 0 Å². The lowest BCUT2D eigenvalue weighted by molar-refractivity contribution is 0.0963. The second kappa shape index (κ2) is 10.8. The lowest BCUT2D eigenvalue weighted by atomic mass is 9.88. The molecule has 2 amide bonds. The Morgan fingerprint density at radius 3 is 2.30 bits per heavy atom. The number of nitrogens with zero attached hydrogens (tertiary/aromatic N) is 1. The van der Waals surface area contributed by atoms with Crippen LogP contribution >= 0.6 is 11.3 Å². The molecule has 1 aliphatic rings. The van der Waals surface area contributed by atoms with Crippen molar-refractivity contribution in [3.05, 3.63) is 45.8 Å². The van der Waals surface area contributed by atoms with Gasteiger partial charge in [0, 0.05) is 30.6 Å². The molecule has 33 heavy (non-hydrogen) atoms. The monoisotopic (exact) mass is 491 g/mol. The number of amides is 2. The van der Waals surface area contributed by atoms with Gasteiger partial charge in [-0.3, -0.25) is 9.59 Å². The molecule has 0 spiro atoms. The number of carbonyl (C=O) groups is 2. The van der Waals surface area contributed by atoms with Crippen molar-refractivity contribution in [1.82, 2.24) is 9.62 Å². The number of thiophene rings is 1. The zero-order valence-electron chi connectivity index (χ0n) is 19.7. The van der Waals surface area contributed by atoms with E-state index in [4.69, 9.17) is 0 Å². The second-order valence-corrected chi connectivity index (χ2v) is 11.6. The number of benzene rings is 1. The zero-order valence-corrected chi connectivity index (χ0v) is 21.4. The topological polar surface area (TPSA) is 95.6 Å². The largest absolute Gasteiger partial charge is 0.355 e. The lowest BCUT2D eigenvalue weighted by Crippen LogP contribution is -2.32. The fourth-order valence-corrected chi connectivity index (χ4v) is 7.18. The standard InChI is InChI=1S/C24H33N3O4S2/c1-5-13-27(14-6-2)33(30,31)18-10-8-17(9-11-18)22(28)26-24-21(23(29)25-4)19-12-7-16(3)15-20(19)32-24/h8-11,16H,5-7,12-15H2,1-4H3,(H,25,29)(H,26,28). The molecule has 2 N–H and O–H groups in total. The van der Waals surface area contributed by atoms with Gasteiger partial charge in [0.1, 0.15) is 5.00 Å². The zero-order chi connectivity index (χ0) is 24.2. The maximum atomic E-state index is 13.0. The maximum Gasteiger partial charge on any atom is 0.256 e. The van der Waals surface area contributed by atoms with Crippen LogP contribution in [0.1, 0.15) is 71.2 Å². The minimum absolute atomic E-state index is 0.174. The van der Waals surface area contributed by atoms with Gasteiger partial charge in [-0.25, -0.2) is 8.42 Å². The molecule has 1 aromatic carbocycles. The first-order chi connectivity index (χ1) is 15.7. The van der Waals surface area contributed by atoms with Gasteiger partial charge < -0.3 is 10.6 Å². The summed E-state index contributed by atoms with van der Waals surface area (Å²) in [7, 11) is -2.02. The van der Waals surface area contributed by atoms with Crippen LogP contribution in [0, 0.1) is 5.92 Å². The summed E-state index contributed by atoms with van der Waals surface area (Å²) in [4.78, 5) is 26.8. The molecule has 0 saturated heterocycles. The van der Waals surface area contributed by atoms with Gasteiger partial charge in [-0.2, -0.15) is 4.31 Å². The minimum atomic E-state index is -3.60. The summed E-state index contributed by atoms with van der Waals surface area (Å²) in [6.07, 6.45) is 4.21. The minimum Gasteiger partial charge on any atom is -0.355 e. The average molecular weight is 492 g/mol. The predicted molar refractivity (Wildman–Crippen MR) is 133 cm³/mol. The highest BCUT2D eigenvalue weighted by Crippen LogP contribution is 2.39. The van der Waals surface area contributed by atoms with E-state index in [9.17, 15) is 18.0 Å². The Morgan fingerprint density at radius 2 is 1.73 bits per heavy atom. The molecule has 2 aromatic rings. The van der Waals surface area contributed by atoms with E-state index < -0.39 is 10.0 Å². The Hall–Kier alpha value is -2.23. The van der Waals surface area contributed by atoms with Gasteiger partial charge in [0.25, 0.3) is 11.8 Å². The molecule has 7 nitrogen and oxygen atoms in total. The molecule has 1 atom stereocenters. The molecular weight excluding hydrogens is 458 g/mol. The molecule has 180 valence electrons. The molecule has 0 fully saturated rings. The molecule has 0 aliphatic heterocycles. The molecule has 1 aliphatic carbocycles. The van der Waals surface area contributed by atoms with E-state index in [1.165, 1.54) is 39.9 Å². The number of nitrogens with one attached hydrogen (secondary N) is 2. The van der Waals surface area contributed by atoms with Crippen LogP contribution in [0.25, 0.3) is 0 Å². The van der Waals surface area contributed by atoms with Crippen molar-refractivity contribution in [1.29, 1.82) is 0 Å². The van der Waals surface area contributed by atoms with Gasteiger partial charge in [0.05, 0.1) is 10.5 Å². The highest BCUT2D eigenvalue weighted by molar-refractivity contribution is 7.89. The highest BCUT2D eigenvalue weighted by atomic mass is 32.2. The smallest absolute Gasteiger partial charge is 0.256 e. The van der Waals surface area contributed by atoms with E-state index in [1.54, 1.807) is 7.05 Å². The van der Waals surface area contributed by atoms with Gasteiger partial charge in [-0.15, -0.1) is 11.3 Å². The molecular formula is C24H33N3O4S2. The molecule has 3 rings (SSSR count). The maximum absolute atomic E-state index is 13.0. The van der Waals surface area contributed by atoms with Gasteiger partial charge in [0.2, 0.25) is 10.0 Å². The summed E-state index contributed by atoms with van der Waals surface area (Å²) >= 11 is 1.46. The van der Waals surface area contributed by atoms with Crippen molar-refractivity contribution < 1.29 is 18.0 Å². The van der Waals surface area contributed by atoms with Crippen LogP contribution in [0.5, 0.6) is 0 Å². The summed E-state index contributed by atoms with van der Waals surface area (Å²) in [6, 6.07) is 5.99. The predicted octanol–water partition coefficient (Wildman–Crippen LogP) is 4.30. The fourth-order valence-electron chi connectivity index (χ4n) is 4.16. The number of carbonyl (C=O) groups excluding carboxylic acids is 2. The van der Waals surface area contributed by atoms with Gasteiger partial charge in [-0.05, 0) is 67.9 Å². The average Bonchev–Trinajstić information content (AvgIpc) is 3.15. The van der Waals surface area contributed by atoms with Crippen LogP contribution in [-0.2, 0) is 22.9 Å². The van der Waals surface area contributed by atoms with Crippen LogP contribution in [-0.4, -0.2) is 44.7 Å². The number of hydrogen-bond acceptors (Lipinski definition) is 5. The number of hydrogen-bond donors (Lipinski definition) is 2. The van der Waals surface area contributed by atoms with Crippen LogP contribution < -0.4 is 10.6 Å². The first-order valence-corrected chi connectivity index (χ1v) is 13.8. The Balaban J connectivity index is 1.84. The van der Waals surface area contributed by atoms with Crippen molar-refractivity contribution in [2.24, 2.45) is 5.92 Å². The fraction of sp³-hybridized carbons (Fsp3) is 0.500. The van der Waals surface area contributed by atoms with Crippen molar-refractivity contribution >= 4 is 38.2 Å². The molecule has 0 bridgehead atoms. The van der Waals surface area contributed by atoms with Crippen LogP contribution in [0.2, 0.25) is 0 Å². The lowest BCUT2D eigenvalue weighted by Gasteiger charge is -2.21. The SMILES string of the molecule is CCCN(CCC)S(=O)(=O)c1ccc(C(=O)Nc2sc3c(c2C(=O)NC)CCC(C)C3)cc1. The van der Waals surface area contributed by atoms with Gasteiger partial charge in [0.15, 0.2) is 0 Å². The van der Waals surface area contributed by atoms with Crippen LogP contribution in [0.3, 0.4) is 0 Å². The first-order valence-electron chi connectivity index (χ1n) is 11.5. The molecule has 1 aromatic heterocycles. The van der Waals surface area contributed by atoms with Crippen molar-refractivity contribution in [3.63, 3.8) is 0 Å². The van der Waals surface area contributed by atoms with E-state index in [-0.39, 0.29) is 16.7 Å². The summed E-state index contributed by atoms with van der Waals surface area (Å²) in [5.74, 6) is -0.0211. The Kier molecular flexibility index (Phi) is 8.31. The normalized spacial score (nSPS) is 15.8. The third-order valence-electron chi connectivity index (χ3n) is 5.89. The van der Waals surface area contributed by atoms with E-state index >= 15 is 0 Å². The molecule has 1 heterocycles. The summed E-state index contributed by atoms with van der Waals surface area (Å²) in [6.45, 7) is 7.01. The molecule has 0 radical (unpaired) electrons. The van der Waals surface area contributed by atoms with Crippen molar-refractivity contribution in [2.45, 2.75) is 57.8 Å². The van der Waals surface area contributed by atoms with Crippen molar-refractivity contribution in [2.75, 3.05) is 25.5 Å². The summed E-state index contributed by atoms with van der Waals surface area (Å²) in [5, 5.41) is 6.13. The van der Waals surface area contributed by atoms with Gasteiger partial charge in [-0.1, -0.05) is 20.8 Å². The molecule has 9 heteroatoms. The Morgan fingerprint density at radius 1 is 1.09 bits per heavy atom. The Labute approximate surface area is 200 Å². The second-order valence-electron chi connectivity index (χ2n) is 8.52. The van der Waals surface area contributed by atoms with E-state index in [1.807, 2.05) is 13.8 Å². The molecule has 1 unspecified atom stereocenters. The van der Waals surface area contributed by atoms with E-state index in [0.717, 1.165) is 42.5 Å². The van der Waals surface area contributed by atoms with Crippen LogP contribution in [0.4, 0.5) is 5.00 Å². The number of anilines is 1. The highest BCUT2D eigenvalue weighted by Gasteiger charge is 2.28. The number of rotatable bonds is 9. The van der Waals surface area contributed by atoms with E-state index in [2.05, 4.69) is 17.6 Å². The Bertz CT molecular complexity index is 1100. The summed E-state index contributed by atoms with van der Waals surface area (Å²) in [5.41, 5.74) is 1.92. The van der Waals surface area contributed by atoms with Crippen molar-refractivity contribution in [3.8, 4) is 0 Å². The van der Waals surface area contributed by atoms with Crippen LogP contribution in [0.15, 0.2) is 29.2 Å². The number of fused-ring (bicyclic) bond motifs is 1. The third-order valence-corrected chi connectivity index (χ3v) is 8.98.